The summed E-state index contributed by atoms with van der Waals surface area (Å²) in [6.45, 7) is 1.74. The molecular weight excluding hydrogens is 196 g/mol. The van der Waals surface area contributed by atoms with Crippen LogP contribution in [0.4, 0.5) is 0 Å². The van der Waals surface area contributed by atoms with Crippen molar-refractivity contribution < 1.29 is 14.7 Å². The van der Waals surface area contributed by atoms with Gasteiger partial charge in [0, 0.05) is 25.2 Å². The highest BCUT2D eigenvalue weighted by atomic mass is 16.4. The fourth-order valence-electron chi connectivity index (χ4n) is 1.29. The molecule has 1 rings (SSSR count). The predicted molar refractivity (Wildman–Crippen MR) is 54.8 cm³/mol. The van der Waals surface area contributed by atoms with Gasteiger partial charge in [0.2, 0.25) is 5.91 Å². The number of carbonyl (C=O) groups is 2. The van der Waals surface area contributed by atoms with Crippen molar-refractivity contribution in [3.05, 3.63) is 24.5 Å². The van der Waals surface area contributed by atoms with Crippen LogP contribution in [0.2, 0.25) is 0 Å². The molecule has 1 unspecified atom stereocenters. The van der Waals surface area contributed by atoms with Gasteiger partial charge in [0.15, 0.2) is 0 Å². The summed E-state index contributed by atoms with van der Waals surface area (Å²) in [4.78, 5) is 21.7. The number of rotatable bonds is 5. The van der Waals surface area contributed by atoms with Crippen molar-refractivity contribution in [1.82, 2.24) is 4.68 Å². The van der Waals surface area contributed by atoms with Crippen LogP contribution in [0.25, 0.3) is 0 Å². The standard InChI is InChI=1S/C10H14N2O3/c1-8(7-10(14)15)6-9(13)11-12-4-2-3-5-12/h2-5,8H,6-7H2,1H3,(H,11,13)(H,14,15). The number of nitrogens with zero attached hydrogens (tertiary/aromatic N) is 1. The molecule has 0 radical (unpaired) electrons. The van der Waals surface area contributed by atoms with Gasteiger partial charge in [-0.1, -0.05) is 6.92 Å². The fourth-order valence-corrected chi connectivity index (χ4v) is 1.29. The van der Waals surface area contributed by atoms with Crippen LogP contribution in [0, 0.1) is 5.92 Å². The Bertz CT molecular complexity index is 332. The summed E-state index contributed by atoms with van der Waals surface area (Å²) < 4.78 is 1.54. The van der Waals surface area contributed by atoms with Crippen LogP contribution in [-0.4, -0.2) is 21.7 Å². The SMILES string of the molecule is CC(CC(=O)O)CC(=O)Nn1cccc1. The van der Waals surface area contributed by atoms with Gasteiger partial charge >= 0.3 is 5.97 Å². The smallest absolute Gasteiger partial charge is 0.303 e. The first-order valence-electron chi connectivity index (χ1n) is 4.72. The third kappa shape index (κ3) is 4.30. The largest absolute Gasteiger partial charge is 0.481 e. The van der Waals surface area contributed by atoms with Gasteiger partial charge in [0.05, 0.1) is 0 Å². The Labute approximate surface area is 87.7 Å². The average Bonchev–Trinajstić information content (AvgIpc) is 2.53. The second kappa shape index (κ2) is 5.19. The van der Waals surface area contributed by atoms with E-state index < -0.39 is 5.97 Å². The zero-order valence-corrected chi connectivity index (χ0v) is 8.51. The highest BCUT2D eigenvalue weighted by Gasteiger charge is 2.12. The van der Waals surface area contributed by atoms with Crippen molar-refractivity contribution >= 4 is 11.9 Å². The van der Waals surface area contributed by atoms with Gasteiger partial charge in [-0.25, -0.2) is 0 Å². The van der Waals surface area contributed by atoms with Gasteiger partial charge in [-0.05, 0) is 18.1 Å². The van der Waals surface area contributed by atoms with E-state index in [1.807, 2.05) is 0 Å². The number of amides is 1. The molecule has 0 fully saturated rings. The second-order valence-corrected chi connectivity index (χ2v) is 3.53. The van der Waals surface area contributed by atoms with E-state index in [1.54, 1.807) is 31.5 Å². The van der Waals surface area contributed by atoms with Gasteiger partial charge in [0.1, 0.15) is 0 Å². The summed E-state index contributed by atoms with van der Waals surface area (Å²) >= 11 is 0. The maximum atomic E-state index is 11.4. The lowest BCUT2D eigenvalue weighted by atomic mass is 10.0. The average molecular weight is 210 g/mol. The van der Waals surface area contributed by atoms with Crippen LogP contribution in [0.1, 0.15) is 19.8 Å². The molecule has 2 N–H and O–H groups in total. The molecule has 1 amide bonds. The van der Waals surface area contributed by atoms with Crippen LogP contribution in [0.5, 0.6) is 0 Å². The predicted octanol–water partition coefficient (Wildman–Crippen LogP) is 1.06. The van der Waals surface area contributed by atoms with E-state index >= 15 is 0 Å². The number of carbonyl (C=O) groups excluding carboxylic acids is 1. The molecule has 0 aliphatic heterocycles. The second-order valence-electron chi connectivity index (χ2n) is 3.53. The topological polar surface area (TPSA) is 71.3 Å². The van der Waals surface area contributed by atoms with E-state index in [1.165, 1.54) is 4.68 Å². The summed E-state index contributed by atoms with van der Waals surface area (Å²) in [7, 11) is 0. The first-order chi connectivity index (χ1) is 7.08. The summed E-state index contributed by atoms with van der Waals surface area (Å²) in [5.41, 5.74) is 2.61. The van der Waals surface area contributed by atoms with Gasteiger partial charge in [-0.2, -0.15) is 0 Å². The molecule has 0 aliphatic rings. The molecule has 1 aromatic heterocycles. The van der Waals surface area contributed by atoms with Crippen molar-refractivity contribution in [2.24, 2.45) is 5.92 Å². The van der Waals surface area contributed by atoms with Crippen molar-refractivity contribution in [2.75, 3.05) is 5.43 Å². The molecule has 0 aromatic carbocycles. The molecule has 0 saturated heterocycles. The molecule has 0 saturated carbocycles. The normalized spacial score (nSPS) is 12.1. The number of hydrogen-bond donors (Lipinski definition) is 2. The molecule has 1 heterocycles. The van der Waals surface area contributed by atoms with E-state index in [0.29, 0.717) is 0 Å². The Morgan fingerprint density at radius 3 is 2.47 bits per heavy atom. The first kappa shape index (κ1) is 11.3. The minimum Gasteiger partial charge on any atom is -0.481 e. The van der Waals surface area contributed by atoms with Crippen molar-refractivity contribution in [1.29, 1.82) is 0 Å². The number of nitrogens with one attached hydrogen (secondary N) is 1. The third-order valence-corrected chi connectivity index (χ3v) is 1.92. The molecule has 15 heavy (non-hydrogen) atoms. The summed E-state index contributed by atoms with van der Waals surface area (Å²) in [6.07, 6.45) is 3.64. The van der Waals surface area contributed by atoms with Gasteiger partial charge in [-0.15, -0.1) is 0 Å². The Balaban J connectivity index is 2.33. The van der Waals surface area contributed by atoms with Crippen LogP contribution in [-0.2, 0) is 9.59 Å². The number of aliphatic carboxylic acids is 1. The zero-order chi connectivity index (χ0) is 11.3. The fraction of sp³-hybridized carbons (Fsp3) is 0.400. The van der Waals surface area contributed by atoms with Gasteiger partial charge in [-0.3, -0.25) is 19.7 Å². The Hall–Kier alpha value is -1.78. The highest BCUT2D eigenvalue weighted by molar-refractivity contribution is 5.84. The summed E-state index contributed by atoms with van der Waals surface area (Å²) in [6, 6.07) is 3.59. The number of aromatic nitrogens is 1. The molecule has 82 valence electrons. The lowest BCUT2D eigenvalue weighted by Gasteiger charge is -2.09. The Morgan fingerprint density at radius 1 is 1.33 bits per heavy atom. The lowest BCUT2D eigenvalue weighted by molar-refractivity contribution is -0.138. The van der Waals surface area contributed by atoms with Crippen LogP contribution < -0.4 is 5.43 Å². The monoisotopic (exact) mass is 210 g/mol. The maximum absolute atomic E-state index is 11.4. The van der Waals surface area contributed by atoms with E-state index in [9.17, 15) is 9.59 Å². The lowest BCUT2D eigenvalue weighted by Crippen LogP contribution is -2.23. The van der Waals surface area contributed by atoms with Crippen LogP contribution >= 0.6 is 0 Å². The van der Waals surface area contributed by atoms with Crippen LogP contribution in [0.3, 0.4) is 0 Å². The maximum Gasteiger partial charge on any atom is 0.303 e. The van der Waals surface area contributed by atoms with Crippen molar-refractivity contribution in [2.45, 2.75) is 19.8 Å². The summed E-state index contributed by atoms with van der Waals surface area (Å²) in [5, 5.41) is 8.52. The van der Waals surface area contributed by atoms with E-state index in [2.05, 4.69) is 5.43 Å². The van der Waals surface area contributed by atoms with E-state index in [4.69, 9.17) is 5.11 Å². The molecule has 5 heteroatoms. The molecule has 1 aromatic rings. The molecule has 0 aliphatic carbocycles. The molecule has 0 spiro atoms. The van der Waals surface area contributed by atoms with Crippen molar-refractivity contribution in [3.63, 3.8) is 0 Å². The molecule has 0 bridgehead atoms. The minimum atomic E-state index is -0.878. The Morgan fingerprint density at radius 2 is 1.93 bits per heavy atom. The zero-order valence-electron chi connectivity index (χ0n) is 8.51. The van der Waals surface area contributed by atoms with Crippen LogP contribution in [0.15, 0.2) is 24.5 Å². The quantitative estimate of drug-likeness (QED) is 0.763. The molecule has 1 atom stereocenters. The minimum absolute atomic E-state index is 0.0130. The summed E-state index contributed by atoms with van der Waals surface area (Å²) in [5.74, 6) is -1.21. The number of hydrogen-bond acceptors (Lipinski definition) is 2. The van der Waals surface area contributed by atoms with E-state index in [0.717, 1.165) is 0 Å². The third-order valence-electron chi connectivity index (χ3n) is 1.92. The first-order valence-corrected chi connectivity index (χ1v) is 4.72. The van der Waals surface area contributed by atoms with Gasteiger partial charge < -0.3 is 5.11 Å². The molecule has 5 nitrogen and oxygen atoms in total. The van der Waals surface area contributed by atoms with Gasteiger partial charge in [0.25, 0.3) is 0 Å². The highest BCUT2D eigenvalue weighted by Crippen LogP contribution is 2.07. The van der Waals surface area contributed by atoms with Crippen molar-refractivity contribution in [3.8, 4) is 0 Å². The number of carboxylic acids is 1. The van der Waals surface area contributed by atoms with E-state index in [-0.39, 0.29) is 24.7 Å². The Kier molecular flexibility index (Phi) is 3.91. The number of carboxylic acid groups (broad SMARTS) is 1. The molecular formula is C10H14N2O3.